The number of nitrogens with zero attached hydrogens (tertiary/aromatic N) is 2. The third-order valence-electron chi connectivity index (χ3n) is 5.89. The van der Waals surface area contributed by atoms with E-state index in [9.17, 15) is 22.8 Å². The summed E-state index contributed by atoms with van der Waals surface area (Å²) < 4.78 is 46.3. The third-order valence-corrected chi connectivity index (χ3v) is 6.14. The minimum atomic E-state index is -4.51. The molecule has 2 heterocycles. The molecule has 0 spiro atoms. The summed E-state index contributed by atoms with van der Waals surface area (Å²) in [6.45, 7) is 1.97. The van der Waals surface area contributed by atoms with Crippen LogP contribution < -0.4 is 10.6 Å². The average Bonchev–Trinajstić information content (AvgIpc) is 3.44. The Morgan fingerprint density at radius 1 is 1.19 bits per heavy atom. The second-order valence-corrected chi connectivity index (χ2v) is 9.43. The minimum Gasteiger partial charge on any atom is -0.361 e. The summed E-state index contributed by atoms with van der Waals surface area (Å²) >= 11 is 6.02. The van der Waals surface area contributed by atoms with Crippen LogP contribution in [0.25, 0.3) is 16.9 Å². The van der Waals surface area contributed by atoms with Gasteiger partial charge in [-0.1, -0.05) is 29.8 Å². The van der Waals surface area contributed by atoms with Crippen molar-refractivity contribution in [1.29, 1.82) is 0 Å². The van der Waals surface area contributed by atoms with Crippen molar-refractivity contribution < 1.29 is 27.5 Å². The van der Waals surface area contributed by atoms with Crippen molar-refractivity contribution in [3.63, 3.8) is 0 Å². The van der Waals surface area contributed by atoms with Gasteiger partial charge in [-0.2, -0.15) is 13.2 Å². The van der Waals surface area contributed by atoms with Gasteiger partial charge in [-0.3, -0.25) is 9.59 Å². The lowest BCUT2D eigenvalue weighted by Crippen LogP contribution is -2.41. The number of hydrogen-bond donors (Lipinski definition) is 2. The highest BCUT2D eigenvalue weighted by Crippen LogP contribution is 2.34. The van der Waals surface area contributed by atoms with Crippen molar-refractivity contribution in [2.75, 3.05) is 11.9 Å². The van der Waals surface area contributed by atoms with Crippen LogP contribution in [0, 0.1) is 5.92 Å². The molecule has 1 aromatic heterocycles. The first kappa shape index (κ1) is 25.7. The Labute approximate surface area is 210 Å². The lowest BCUT2D eigenvalue weighted by molar-refractivity contribution is -0.267. The number of hydrogen-bond acceptors (Lipinski definition) is 4. The van der Waals surface area contributed by atoms with Crippen LogP contribution in [0.15, 0.2) is 54.6 Å². The third kappa shape index (κ3) is 5.71. The first-order chi connectivity index (χ1) is 16.9. The van der Waals surface area contributed by atoms with E-state index in [1.54, 1.807) is 59.3 Å². The van der Waals surface area contributed by atoms with Crippen LogP contribution in [0.2, 0.25) is 5.02 Å². The number of rotatable bonds is 7. The van der Waals surface area contributed by atoms with Gasteiger partial charge < -0.3 is 15.4 Å². The molecule has 0 saturated carbocycles. The summed E-state index contributed by atoms with van der Waals surface area (Å²) in [7, 11) is 0. The minimum absolute atomic E-state index is 0.104. The number of anilines is 1. The molecular formula is C25H24ClF3N4O3. The van der Waals surface area contributed by atoms with Crippen LogP contribution in [0.4, 0.5) is 19.0 Å². The van der Waals surface area contributed by atoms with E-state index in [4.69, 9.17) is 16.3 Å². The molecule has 2 N–H and O–H groups in total. The van der Waals surface area contributed by atoms with Crippen molar-refractivity contribution in [3.05, 3.63) is 65.2 Å². The van der Waals surface area contributed by atoms with E-state index in [-0.39, 0.29) is 37.2 Å². The zero-order chi connectivity index (χ0) is 26.1. The lowest BCUT2D eigenvalue weighted by atomic mass is 10.1. The Morgan fingerprint density at radius 2 is 1.92 bits per heavy atom. The second-order valence-electron chi connectivity index (χ2n) is 8.99. The maximum absolute atomic E-state index is 13.2. The topological polar surface area (TPSA) is 85.2 Å². The molecule has 1 saturated heterocycles. The zero-order valence-electron chi connectivity index (χ0n) is 19.5. The molecule has 4 rings (SSSR count). The number of amides is 2. The van der Waals surface area contributed by atoms with Crippen LogP contribution in [-0.2, 0) is 20.9 Å². The lowest BCUT2D eigenvalue weighted by Gasteiger charge is -2.28. The molecule has 7 nitrogen and oxygen atoms in total. The van der Waals surface area contributed by atoms with Crippen LogP contribution in [-0.4, -0.2) is 39.9 Å². The van der Waals surface area contributed by atoms with E-state index in [0.29, 0.717) is 27.5 Å². The highest BCUT2D eigenvalue weighted by Gasteiger charge is 2.48. The molecule has 0 radical (unpaired) electrons. The van der Waals surface area contributed by atoms with Crippen LogP contribution in [0.5, 0.6) is 0 Å². The molecule has 2 aromatic carbocycles. The fourth-order valence-corrected chi connectivity index (χ4v) is 3.74. The number of halogens is 4. The number of aromatic nitrogens is 2. The van der Waals surface area contributed by atoms with E-state index in [1.807, 2.05) is 0 Å². The largest absolute Gasteiger partial charge is 0.416 e. The van der Waals surface area contributed by atoms with E-state index in [1.165, 1.54) is 0 Å². The van der Waals surface area contributed by atoms with Crippen molar-refractivity contribution in [2.45, 2.75) is 38.7 Å². The normalized spacial score (nSPS) is 16.2. The fraction of sp³-hybridized carbons (Fsp3) is 0.320. The highest BCUT2D eigenvalue weighted by atomic mass is 35.5. The molecule has 1 aliphatic rings. The highest BCUT2D eigenvalue weighted by molar-refractivity contribution is 6.30. The van der Waals surface area contributed by atoms with Gasteiger partial charge in [0.1, 0.15) is 0 Å². The van der Waals surface area contributed by atoms with Gasteiger partial charge in [-0.25, -0.2) is 4.68 Å². The summed E-state index contributed by atoms with van der Waals surface area (Å²) in [5, 5.41) is 10.4. The Balaban J connectivity index is 1.64. The maximum atomic E-state index is 13.2. The summed E-state index contributed by atoms with van der Waals surface area (Å²) in [6.07, 6.45) is -4.41. The van der Waals surface area contributed by atoms with Gasteiger partial charge in [-0.05, 0) is 49.7 Å². The van der Waals surface area contributed by atoms with Crippen LogP contribution >= 0.6 is 11.6 Å². The predicted octanol–water partition coefficient (Wildman–Crippen LogP) is 5.12. The summed E-state index contributed by atoms with van der Waals surface area (Å²) in [6, 6.07) is 15.4. The zero-order valence-corrected chi connectivity index (χ0v) is 20.3. The number of carbonyl (C=O) groups is 2. The SMILES string of the molecule is CC(C)(OCc1cccc(-c2cc(NC(=O)[C@H]3CNC(=O)C3)nn2-c2ccc(Cl)cc2)c1)C(F)(F)F. The standard InChI is InChI=1S/C25H24ClF3N4O3/c1-24(2,25(27,28)29)36-14-15-4-3-5-16(10-15)20-12-21(31-23(35)17-11-22(34)30-13-17)32-33(20)19-8-6-18(26)7-9-19/h3-10,12,17H,11,13-14H2,1-2H3,(H,30,34)(H,31,32,35)/t17-/m1/s1. The maximum Gasteiger partial charge on any atom is 0.416 e. The molecule has 2 amide bonds. The van der Waals surface area contributed by atoms with Gasteiger partial charge in [0.05, 0.1) is 23.9 Å². The Kier molecular flexibility index (Phi) is 7.10. The van der Waals surface area contributed by atoms with Crippen molar-refractivity contribution in [2.24, 2.45) is 5.92 Å². The number of carbonyl (C=O) groups excluding carboxylic acids is 2. The molecule has 1 atom stereocenters. The quantitative estimate of drug-likeness (QED) is 0.452. The Morgan fingerprint density at radius 3 is 2.56 bits per heavy atom. The molecule has 0 unspecified atom stereocenters. The first-order valence-corrected chi connectivity index (χ1v) is 11.5. The molecule has 36 heavy (non-hydrogen) atoms. The number of nitrogens with one attached hydrogen (secondary N) is 2. The molecule has 1 fully saturated rings. The van der Waals surface area contributed by atoms with E-state index in [2.05, 4.69) is 15.7 Å². The molecule has 1 aliphatic heterocycles. The summed E-state index contributed by atoms with van der Waals surface area (Å²) in [5.74, 6) is -0.754. The molecule has 3 aromatic rings. The monoisotopic (exact) mass is 520 g/mol. The molecular weight excluding hydrogens is 497 g/mol. The molecule has 190 valence electrons. The van der Waals surface area contributed by atoms with Gasteiger partial charge in [0.25, 0.3) is 0 Å². The Bertz CT molecular complexity index is 1270. The number of alkyl halides is 3. The van der Waals surface area contributed by atoms with E-state index in [0.717, 1.165) is 13.8 Å². The first-order valence-electron chi connectivity index (χ1n) is 11.2. The average molecular weight is 521 g/mol. The summed E-state index contributed by atoms with van der Waals surface area (Å²) in [4.78, 5) is 24.1. The van der Waals surface area contributed by atoms with E-state index < -0.39 is 17.7 Å². The second kappa shape index (κ2) is 9.94. The van der Waals surface area contributed by atoms with Crippen LogP contribution in [0.1, 0.15) is 25.8 Å². The molecule has 0 aliphatic carbocycles. The molecule has 11 heteroatoms. The van der Waals surface area contributed by atoms with Gasteiger partial charge in [-0.15, -0.1) is 5.10 Å². The fourth-order valence-electron chi connectivity index (χ4n) is 3.61. The Hall–Kier alpha value is -3.37. The smallest absolute Gasteiger partial charge is 0.361 e. The number of ether oxygens (including phenoxy) is 1. The van der Waals surface area contributed by atoms with Crippen molar-refractivity contribution in [3.8, 4) is 16.9 Å². The van der Waals surface area contributed by atoms with Gasteiger partial charge in [0.15, 0.2) is 11.4 Å². The van der Waals surface area contributed by atoms with Gasteiger partial charge in [0.2, 0.25) is 11.8 Å². The van der Waals surface area contributed by atoms with Crippen molar-refractivity contribution in [1.82, 2.24) is 15.1 Å². The summed E-state index contributed by atoms with van der Waals surface area (Å²) in [5.41, 5.74) is 0.135. The van der Waals surface area contributed by atoms with Gasteiger partial charge >= 0.3 is 6.18 Å². The molecule has 0 bridgehead atoms. The van der Waals surface area contributed by atoms with E-state index >= 15 is 0 Å². The van der Waals surface area contributed by atoms with Gasteiger partial charge in [0, 0.05) is 29.6 Å². The van der Waals surface area contributed by atoms with Crippen molar-refractivity contribution >= 4 is 29.2 Å². The van der Waals surface area contributed by atoms with Crippen LogP contribution in [0.3, 0.4) is 0 Å². The number of benzene rings is 2. The predicted molar refractivity (Wildman–Crippen MR) is 129 cm³/mol.